The SMILES string of the molecule is CON=CC(C)O. The van der Waals surface area contributed by atoms with Gasteiger partial charge in [-0.15, -0.1) is 0 Å². The van der Waals surface area contributed by atoms with Crippen molar-refractivity contribution in [2.75, 3.05) is 7.11 Å². The second-order valence-corrected chi connectivity index (χ2v) is 1.18. The van der Waals surface area contributed by atoms with E-state index < -0.39 is 6.10 Å². The lowest BCUT2D eigenvalue weighted by atomic mass is 10.5. The van der Waals surface area contributed by atoms with Gasteiger partial charge >= 0.3 is 0 Å². The van der Waals surface area contributed by atoms with Gasteiger partial charge in [-0.2, -0.15) is 0 Å². The van der Waals surface area contributed by atoms with Gasteiger partial charge in [-0.3, -0.25) is 0 Å². The molecule has 0 bridgehead atoms. The van der Waals surface area contributed by atoms with Gasteiger partial charge in [0.05, 0.1) is 12.3 Å². The molecule has 1 atom stereocenters. The first-order valence-electron chi connectivity index (χ1n) is 2.02. The molecule has 0 aromatic carbocycles. The molecule has 0 radical (unpaired) electrons. The maximum atomic E-state index is 8.45. The van der Waals surface area contributed by atoms with E-state index in [0.29, 0.717) is 0 Å². The predicted octanol–water partition coefficient (Wildman–Crippen LogP) is -0.000600. The fourth-order valence-corrected chi connectivity index (χ4v) is 0.149. The summed E-state index contributed by atoms with van der Waals surface area (Å²) in [5, 5.41) is 11.8. The highest BCUT2D eigenvalue weighted by atomic mass is 16.6. The lowest BCUT2D eigenvalue weighted by molar-refractivity contribution is 0.204. The van der Waals surface area contributed by atoms with Crippen molar-refractivity contribution >= 4 is 6.21 Å². The lowest BCUT2D eigenvalue weighted by Crippen LogP contribution is -1.99. The number of rotatable bonds is 2. The number of hydrogen-bond donors (Lipinski definition) is 1. The van der Waals surface area contributed by atoms with Crippen molar-refractivity contribution < 1.29 is 9.94 Å². The van der Waals surface area contributed by atoms with E-state index in [0.717, 1.165) is 0 Å². The zero-order valence-electron chi connectivity index (χ0n) is 4.46. The van der Waals surface area contributed by atoms with Crippen molar-refractivity contribution in [2.45, 2.75) is 13.0 Å². The average molecular weight is 103 g/mol. The topological polar surface area (TPSA) is 41.8 Å². The molecule has 0 saturated heterocycles. The zero-order chi connectivity index (χ0) is 5.70. The van der Waals surface area contributed by atoms with Crippen LogP contribution in [0.25, 0.3) is 0 Å². The number of hydrogen-bond acceptors (Lipinski definition) is 3. The van der Waals surface area contributed by atoms with Crippen LogP contribution in [0.2, 0.25) is 0 Å². The molecule has 0 spiro atoms. The van der Waals surface area contributed by atoms with E-state index in [9.17, 15) is 0 Å². The van der Waals surface area contributed by atoms with Crippen molar-refractivity contribution in [1.82, 2.24) is 0 Å². The summed E-state index contributed by atoms with van der Waals surface area (Å²) in [7, 11) is 1.43. The molecular formula is C4H9NO2. The van der Waals surface area contributed by atoms with E-state index in [-0.39, 0.29) is 0 Å². The van der Waals surface area contributed by atoms with E-state index in [1.54, 1.807) is 6.92 Å². The van der Waals surface area contributed by atoms with Gasteiger partial charge in [0.1, 0.15) is 7.11 Å². The highest BCUT2D eigenvalue weighted by molar-refractivity contribution is 5.61. The Balaban J connectivity index is 3.08. The van der Waals surface area contributed by atoms with Gasteiger partial charge in [-0.1, -0.05) is 5.16 Å². The highest BCUT2D eigenvalue weighted by Crippen LogP contribution is 1.71. The number of aliphatic hydroxyl groups is 1. The minimum absolute atomic E-state index is 0.514. The average Bonchev–Trinajstić information content (AvgIpc) is 1.61. The van der Waals surface area contributed by atoms with Crippen LogP contribution in [-0.2, 0) is 4.84 Å². The minimum atomic E-state index is -0.514. The summed E-state index contributed by atoms with van der Waals surface area (Å²) in [5.41, 5.74) is 0. The van der Waals surface area contributed by atoms with E-state index >= 15 is 0 Å². The first-order chi connectivity index (χ1) is 3.27. The van der Waals surface area contributed by atoms with E-state index in [2.05, 4.69) is 9.99 Å². The van der Waals surface area contributed by atoms with Gasteiger partial charge in [0.2, 0.25) is 0 Å². The van der Waals surface area contributed by atoms with E-state index in [1.807, 2.05) is 0 Å². The predicted molar refractivity (Wildman–Crippen MR) is 27.2 cm³/mol. The molecule has 0 aromatic rings. The molecule has 0 amide bonds. The molecule has 3 heteroatoms. The van der Waals surface area contributed by atoms with Gasteiger partial charge in [0.15, 0.2) is 0 Å². The van der Waals surface area contributed by atoms with Crippen LogP contribution in [0.1, 0.15) is 6.92 Å². The first kappa shape index (κ1) is 6.43. The summed E-state index contributed by atoms with van der Waals surface area (Å²) in [6.45, 7) is 1.60. The molecule has 0 aromatic heterocycles. The summed E-state index contributed by atoms with van der Waals surface area (Å²) in [5.74, 6) is 0. The Kier molecular flexibility index (Phi) is 3.32. The number of oxime groups is 1. The largest absolute Gasteiger partial charge is 0.399 e. The Labute approximate surface area is 42.6 Å². The van der Waals surface area contributed by atoms with Crippen molar-refractivity contribution in [3.8, 4) is 0 Å². The quantitative estimate of drug-likeness (QED) is 0.395. The second-order valence-electron chi connectivity index (χ2n) is 1.18. The van der Waals surface area contributed by atoms with Crippen molar-refractivity contribution in [3.63, 3.8) is 0 Å². The summed E-state index contributed by atoms with van der Waals surface area (Å²) in [4.78, 5) is 4.26. The molecule has 0 rings (SSSR count). The molecule has 7 heavy (non-hydrogen) atoms. The molecule has 1 N–H and O–H groups in total. The summed E-state index contributed by atoms with van der Waals surface area (Å²) in [6, 6.07) is 0. The van der Waals surface area contributed by atoms with E-state index in [4.69, 9.17) is 5.11 Å². The van der Waals surface area contributed by atoms with Crippen LogP contribution < -0.4 is 0 Å². The normalized spacial score (nSPS) is 14.7. The summed E-state index contributed by atoms with van der Waals surface area (Å²) in [6.07, 6.45) is 0.792. The molecule has 0 aliphatic rings. The Bertz CT molecular complexity index is 60.7. The summed E-state index contributed by atoms with van der Waals surface area (Å²) < 4.78 is 0. The van der Waals surface area contributed by atoms with Gasteiger partial charge in [-0.05, 0) is 6.92 Å². The second kappa shape index (κ2) is 3.61. The first-order valence-corrected chi connectivity index (χ1v) is 2.02. The number of nitrogens with zero attached hydrogens (tertiary/aromatic N) is 1. The van der Waals surface area contributed by atoms with Crippen LogP contribution >= 0.6 is 0 Å². The van der Waals surface area contributed by atoms with Crippen LogP contribution in [-0.4, -0.2) is 24.5 Å². The van der Waals surface area contributed by atoms with Crippen LogP contribution in [0.5, 0.6) is 0 Å². The third kappa shape index (κ3) is 5.43. The standard InChI is InChI=1S/C4H9NO2/c1-4(6)3-5-7-2/h3-4,6H,1-2H3. The van der Waals surface area contributed by atoms with E-state index in [1.165, 1.54) is 13.3 Å². The summed E-state index contributed by atoms with van der Waals surface area (Å²) >= 11 is 0. The van der Waals surface area contributed by atoms with Gasteiger partial charge < -0.3 is 9.94 Å². The molecule has 3 nitrogen and oxygen atoms in total. The molecule has 0 fully saturated rings. The Morgan fingerprint density at radius 2 is 2.43 bits per heavy atom. The van der Waals surface area contributed by atoms with Crippen molar-refractivity contribution in [2.24, 2.45) is 5.16 Å². The third-order valence-electron chi connectivity index (χ3n) is 0.382. The van der Waals surface area contributed by atoms with Gasteiger partial charge in [0, 0.05) is 0 Å². The Hall–Kier alpha value is -0.570. The van der Waals surface area contributed by atoms with Crippen LogP contribution in [0.3, 0.4) is 0 Å². The Morgan fingerprint density at radius 3 is 2.57 bits per heavy atom. The minimum Gasteiger partial charge on any atom is -0.399 e. The molecule has 42 valence electrons. The molecule has 0 aliphatic carbocycles. The number of aliphatic hydroxyl groups excluding tert-OH is 1. The fraction of sp³-hybridized carbons (Fsp3) is 0.750. The Morgan fingerprint density at radius 1 is 1.86 bits per heavy atom. The molecule has 0 saturated carbocycles. The smallest absolute Gasteiger partial charge is 0.106 e. The van der Waals surface area contributed by atoms with Gasteiger partial charge in [-0.25, -0.2) is 0 Å². The molecule has 0 heterocycles. The molecule has 0 aliphatic heterocycles. The third-order valence-corrected chi connectivity index (χ3v) is 0.382. The monoisotopic (exact) mass is 103 g/mol. The molecule has 1 unspecified atom stereocenters. The van der Waals surface area contributed by atoms with Crippen LogP contribution in [0.15, 0.2) is 5.16 Å². The van der Waals surface area contributed by atoms with Gasteiger partial charge in [0.25, 0.3) is 0 Å². The zero-order valence-corrected chi connectivity index (χ0v) is 4.46. The fourth-order valence-electron chi connectivity index (χ4n) is 0.149. The highest BCUT2D eigenvalue weighted by Gasteiger charge is 1.82. The maximum absolute atomic E-state index is 8.45. The van der Waals surface area contributed by atoms with Crippen LogP contribution in [0.4, 0.5) is 0 Å². The lowest BCUT2D eigenvalue weighted by Gasteiger charge is -1.88. The van der Waals surface area contributed by atoms with Crippen LogP contribution in [0, 0.1) is 0 Å². The maximum Gasteiger partial charge on any atom is 0.106 e. The van der Waals surface area contributed by atoms with Crippen molar-refractivity contribution in [1.29, 1.82) is 0 Å². The molecular weight excluding hydrogens is 94.0 g/mol. The van der Waals surface area contributed by atoms with Crippen molar-refractivity contribution in [3.05, 3.63) is 0 Å².